The minimum atomic E-state index is -0.627. The smallest absolute Gasteiger partial charge is 0.166 e. The molecule has 0 aliphatic rings. The first kappa shape index (κ1) is 12.4. The standard InChI is InChI=1S/C9H10BrF2NO2/c1-14-9-5(2-3-15-13)8(12)6(10)4-7(9)11/h4H,2-3,13H2,1H3. The van der Waals surface area contributed by atoms with Crippen LogP contribution in [0.5, 0.6) is 5.75 Å². The van der Waals surface area contributed by atoms with E-state index in [1.54, 1.807) is 0 Å². The third kappa shape index (κ3) is 2.64. The SMILES string of the molecule is COc1c(F)cc(Br)c(F)c1CCON. The molecular formula is C9H10BrF2NO2. The number of ether oxygens (including phenoxy) is 1. The highest BCUT2D eigenvalue weighted by atomic mass is 79.9. The summed E-state index contributed by atoms with van der Waals surface area (Å²) in [6.07, 6.45) is 0.141. The van der Waals surface area contributed by atoms with Crippen LogP contribution in [-0.4, -0.2) is 13.7 Å². The first-order valence-electron chi connectivity index (χ1n) is 4.13. The van der Waals surface area contributed by atoms with Crippen LogP contribution in [-0.2, 0) is 11.3 Å². The van der Waals surface area contributed by atoms with Gasteiger partial charge in [-0.2, -0.15) is 0 Å². The highest BCUT2D eigenvalue weighted by molar-refractivity contribution is 9.10. The Hall–Kier alpha value is -0.720. The Morgan fingerprint density at radius 1 is 1.47 bits per heavy atom. The van der Waals surface area contributed by atoms with Gasteiger partial charge in [-0.05, 0) is 22.0 Å². The number of rotatable bonds is 4. The van der Waals surface area contributed by atoms with E-state index in [0.717, 1.165) is 6.07 Å². The number of hydrogen-bond donors (Lipinski definition) is 1. The zero-order valence-electron chi connectivity index (χ0n) is 8.02. The minimum Gasteiger partial charge on any atom is -0.493 e. The predicted octanol–water partition coefficient (Wildman–Crippen LogP) is 2.17. The highest BCUT2D eigenvalue weighted by Gasteiger charge is 2.17. The van der Waals surface area contributed by atoms with Crippen molar-refractivity contribution in [3.8, 4) is 5.75 Å². The van der Waals surface area contributed by atoms with E-state index in [4.69, 9.17) is 10.6 Å². The lowest BCUT2D eigenvalue weighted by Gasteiger charge is -2.11. The first-order chi connectivity index (χ1) is 7.11. The maximum Gasteiger partial charge on any atom is 0.166 e. The van der Waals surface area contributed by atoms with Crippen LogP contribution >= 0.6 is 15.9 Å². The van der Waals surface area contributed by atoms with E-state index in [2.05, 4.69) is 20.8 Å². The number of methoxy groups -OCH3 is 1. The summed E-state index contributed by atoms with van der Waals surface area (Å²) in [5.41, 5.74) is 0.106. The van der Waals surface area contributed by atoms with Gasteiger partial charge in [0.15, 0.2) is 11.6 Å². The third-order valence-electron chi connectivity index (χ3n) is 1.89. The van der Waals surface area contributed by atoms with Crippen molar-refractivity contribution in [1.82, 2.24) is 0 Å². The molecule has 1 aromatic rings. The quantitative estimate of drug-likeness (QED) is 0.680. The zero-order chi connectivity index (χ0) is 11.4. The van der Waals surface area contributed by atoms with Gasteiger partial charge in [0.1, 0.15) is 5.82 Å². The Kier molecular flexibility index (Phi) is 4.44. The van der Waals surface area contributed by atoms with E-state index in [0.29, 0.717) is 0 Å². The fourth-order valence-corrected chi connectivity index (χ4v) is 1.67. The van der Waals surface area contributed by atoms with Crippen molar-refractivity contribution in [3.63, 3.8) is 0 Å². The molecule has 15 heavy (non-hydrogen) atoms. The molecular weight excluding hydrogens is 272 g/mol. The van der Waals surface area contributed by atoms with Gasteiger partial charge < -0.3 is 9.57 Å². The summed E-state index contributed by atoms with van der Waals surface area (Å²) in [6.45, 7) is 0.0865. The molecule has 0 bridgehead atoms. The van der Waals surface area contributed by atoms with E-state index in [9.17, 15) is 8.78 Å². The van der Waals surface area contributed by atoms with Crippen LogP contribution in [0.4, 0.5) is 8.78 Å². The largest absolute Gasteiger partial charge is 0.493 e. The van der Waals surface area contributed by atoms with Gasteiger partial charge >= 0.3 is 0 Å². The molecule has 3 nitrogen and oxygen atoms in total. The Balaban J connectivity index is 3.18. The predicted molar refractivity (Wildman–Crippen MR) is 54.5 cm³/mol. The number of hydrogen-bond acceptors (Lipinski definition) is 3. The molecule has 0 aromatic heterocycles. The topological polar surface area (TPSA) is 44.5 Å². The van der Waals surface area contributed by atoms with Gasteiger partial charge in [0.25, 0.3) is 0 Å². The Labute approximate surface area is 94.2 Å². The van der Waals surface area contributed by atoms with Gasteiger partial charge in [-0.15, -0.1) is 0 Å². The number of benzene rings is 1. The van der Waals surface area contributed by atoms with Gasteiger partial charge in [-0.3, -0.25) is 0 Å². The molecule has 6 heteroatoms. The summed E-state index contributed by atoms with van der Waals surface area (Å²) >= 11 is 2.91. The average molecular weight is 282 g/mol. The molecule has 0 saturated carbocycles. The maximum absolute atomic E-state index is 13.6. The second-order valence-corrected chi connectivity index (χ2v) is 3.64. The Bertz CT molecular complexity index is 360. The summed E-state index contributed by atoms with van der Waals surface area (Å²) in [5.74, 6) is 3.52. The van der Waals surface area contributed by atoms with E-state index >= 15 is 0 Å². The lowest BCUT2D eigenvalue weighted by molar-refractivity contribution is 0.140. The Morgan fingerprint density at radius 3 is 2.67 bits per heavy atom. The summed E-state index contributed by atoms with van der Waals surface area (Å²) in [4.78, 5) is 4.32. The molecule has 2 N–H and O–H groups in total. The number of nitrogens with two attached hydrogens (primary N) is 1. The van der Waals surface area contributed by atoms with E-state index in [-0.39, 0.29) is 28.8 Å². The lowest BCUT2D eigenvalue weighted by atomic mass is 10.1. The maximum atomic E-state index is 13.6. The molecule has 0 atom stereocenters. The minimum absolute atomic E-state index is 0.0489. The zero-order valence-corrected chi connectivity index (χ0v) is 9.61. The fourth-order valence-electron chi connectivity index (χ4n) is 1.23. The summed E-state index contributed by atoms with van der Waals surface area (Å²) in [6, 6.07) is 1.01. The third-order valence-corrected chi connectivity index (χ3v) is 2.47. The molecule has 1 rings (SSSR count). The van der Waals surface area contributed by atoms with Crippen LogP contribution in [0.1, 0.15) is 5.56 Å². The van der Waals surface area contributed by atoms with Gasteiger partial charge in [0.05, 0.1) is 18.2 Å². The molecule has 0 spiro atoms. The van der Waals surface area contributed by atoms with Crippen molar-refractivity contribution in [2.45, 2.75) is 6.42 Å². The lowest BCUT2D eigenvalue weighted by Crippen LogP contribution is -2.08. The van der Waals surface area contributed by atoms with Crippen LogP contribution in [0.2, 0.25) is 0 Å². The van der Waals surface area contributed by atoms with Gasteiger partial charge in [0, 0.05) is 12.0 Å². The normalized spacial score (nSPS) is 10.5. The molecule has 0 radical (unpaired) electrons. The van der Waals surface area contributed by atoms with Crippen molar-refractivity contribution in [1.29, 1.82) is 0 Å². The van der Waals surface area contributed by atoms with E-state index in [1.807, 2.05) is 0 Å². The van der Waals surface area contributed by atoms with Crippen LogP contribution < -0.4 is 10.6 Å². The van der Waals surface area contributed by atoms with Gasteiger partial charge in [0.2, 0.25) is 0 Å². The monoisotopic (exact) mass is 281 g/mol. The molecule has 0 saturated heterocycles. The number of halogens is 3. The molecule has 84 valence electrons. The van der Waals surface area contributed by atoms with E-state index in [1.165, 1.54) is 7.11 Å². The Morgan fingerprint density at radius 2 is 2.13 bits per heavy atom. The van der Waals surface area contributed by atoms with Crippen LogP contribution in [0.15, 0.2) is 10.5 Å². The van der Waals surface area contributed by atoms with Gasteiger partial charge in [-0.25, -0.2) is 14.7 Å². The molecule has 0 fully saturated rings. The second kappa shape index (κ2) is 5.39. The van der Waals surface area contributed by atoms with Crippen LogP contribution in [0, 0.1) is 11.6 Å². The van der Waals surface area contributed by atoms with Crippen molar-refractivity contribution >= 4 is 15.9 Å². The highest BCUT2D eigenvalue weighted by Crippen LogP contribution is 2.31. The molecule has 0 amide bonds. The van der Waals surface area contributed by atoms with Crippen LogP contribution in [0.25, 0.3) is 0 Å². The second-order valence-electron chi connectivity index (χ2n) is 2.79. The summed E-state index contributed by atoms with van der Waals surface area (Å²) in [5, 5.41) is 0. The summed E-state index contributed by atoms with van der Waals surface area (Å²) < 4.78 is 31.7. The first-order valence-corrected chi connectivity index (χ1v) is 4.93. The molecule has 0 aliphatic heterocycles. The van der Waals surface area contributed by atoms with Gasteiger partial charge in [-0.1, -0.05) is 0 Å². The molecule has 0 aliphatic carbocycles. The van der Waals surface area contributed by atoms with Crippen molar-refractivity contribution < 1.29 is 18.4 Å². The fraction of sp³-hybridized carbons (Fsp3) is 0.333. The average Bonchev–Trinajstić information content (AvgIpc) is 2.21. The van der Waals surface area contributed by atoms with E-state index < -0.39 is 11.6 Å². The van der Waals surface area contributed by atoms with Crippen molar-refractivity contribution in [3.05, 3.63) is 27.7 Å². The van der Waals surface area contributed by atoms with Crippen LogP contribution in [0.3, 0.4) is 0 Å². The molecule has 0 unspecified atom stereocenters. The van der Waals surface area contributed by atoms with Crippen molar-refractivity contribution in [2.75, 3.05) is 13.7 Å². The van der Waals surface area contributed by atoms with Crippen molar-refractivity contribution in [2.24, 2.45) is 5.90 Å². The molecule has 0 heterocycles. The summed E-state index contributed by atoms with van der Waals surface area (Å²) in [7, 11) is 1.28. The molecule has 1 aromatic carbocycles.